The Bertz CT molecular complexity index is 592. The van der Waals surface area contributed by atoms with Crippen LogP contribution in [0.25, 0.3) is 11.5 Å². The number of nitrogens with zero attached hydrogens (tertiary/aromatic N) is 2. The molecule has 0 aliphatic carbocycles. The Kier molecular flexibility index (Phi) is 4.53. The van der Waals surface area contributed by atoms with Crippen molar-refractivity contribution in [2.24, 2.45) is 0 Å². The summed E-state index contributed by atoms with van der Waals surface area (Å²) >= 11 is 6.97. The fourth-order valence-electron chi connectivity index (χ4n) is 2.40. The number of hydrogen-bond donors (Lipinski definition) is 1. The number of rotatable bonds is 2. The average molecular weight is 401 g/mol. The van der Waals surface area contributed by atoms with Crippen molar-refractivity contribution in [1.29, 1.82) is 0 Å². The van der Waals surface area contributed by atoms with Gasteiger partial charge in [0.05, 0.1) is 11.6 Å². The second-order valence-corrected chi connectivity index (χ2v) is 6.71. The maximum absolute atomic E-state index is 5.42. The summed E-state index contributed by atoms with van der Waals surface area (Å²) in [6.07, 6.45) is 4.77. The van der Waals surface area contributed by atoms with Crippen molar-refractivity contribution in [3.8, 4) is 11.5 Å². The molecule has 1 saturated heterocycles. The summed E-state index contributed by atoms with van der Waals surface area (Å²) in [6, 6.07) is 6.12. The lowest BCUT2D eigenvalue weighted by Crippen LogP contribution is -2.21. The minimum absolute atomic E-state index is 0.212. The maximum atomic E-state index is 5.42. The minimum atomic E-state index is 0.212. The lowest BCUT2D eigenvalue weighted by atomic mass is 10.1. The van der Waals surface area contributed by atoms with Crippen molar-refractivity contribution in [2.75, 3.05) is 6.54 Å². The Morgan fingerprint density at radius 3 is 2.95 bits per heavy atom. The van der Waals surface area contributed by atoms with E-state index < -0.39 is 0 Å². The SMILES string of the molecule is Brc1ccc(-c2nc(C3CCCCCN3)no2)c(Br)c1. The van der Waals surface area contributed by atoms with Crippen LogP contribution in [0.15, 0.2) is 31.7 Å². The third-order valence-electron chi connectivity index (χ3n) is 3.48. The highest BCUT2D eigenvalue weighted by atomic mass is 79.9. The van der Waals surface area contributed by atoms with Gasteiger partial charge in [-0.2, -0.15) is 4.98 Å². The van der Waals surface area contributed by atoms with Crippen molar-refractivity contribution in [1.82, 2.24) is 15.5 Å². The zero-order valence-electron chi connectivity index (χ0n) is 10.9. The van der Waals surface area contributed by atoms with Gasteiger partial charge in [0.2, 0.25) is 0 Å². The first-order chi connectivity index (χ1) is 9.74. The third kappa shape index (κ3) is 3.13. The molecule has 1 aliphatic rings. The van der Waals surface area contributed by atoms with Crippen LogP contribution in [0.3, 0.4) is 0 Å². The fourth-order valence-corrected chi connectivity index (χ4v) is 3.61. The van der Waals surface area contributed by atoms with E-state index in [2.05, 4.69) is 47.3 Å². The van der Waals surface area contributed by atoms with Gasteiger partial charge in [0.1, 0.15) is 0 Å². The summed E-state index contributed by atoms with van der Waals surface area (Å²) in [5.74, 6) is 1.32. The standard InChI is InChI=1S/C14H15Br2N3O/c15-9-5-6-10(11(16)8-9)14-18-13(19-20-14)12-4-2-1-3-7-17-12/h5-6,8,12,17H,1-4,7H2. The second kappa shape index (κ2) is 6.37. The molecule has 2 aromatic rings. The molecule has 2 heterocycles. The zero-order chi connectivity index (χ0) is 13.9. The molecule has 1 N–H and O–H groups in total. The Morgan fingerprint density at radius 1 is 1.20 bits per heavy atom. The summed E-state index contributed by atoms with van der Waals surface area (Å²) in [4.78, 5) is 4.55. The molecule has 0 amide bonds. The lowest BCUT2D eigenvalue weighted by Gasteiger charge is -2.09. The van der Waals surface area contributed by atoms with E-state index >= 15 is 0 Å². The topological polar surface area (TPSA) is 51.0 Å². The van der Waals surface area contributed by atoms with Crippen LogP contribution < -0.4 is 5.32 Å². The number of aromatic nitrogens is 2. The van der Waals surface area contributed by atoms with Crippen LogP contribution >= 0.6 is 31.9 Å². The molecule has 106 valence electrons. The Morgan fingerprint density at radius 2 is 2.10 bits per heavy atom. The van der Waals surface area contributed by atoms with Crippen molar-refractivity contribution in [3.63, 3.8) is 0 Å². The van der Waals surface area contributed by atoms with E-state index in [4.69, 9.17) is 4.52 Å². The smallest absolute Gasteiger partial charge is 0.259 e. The molecule has 6 heteroatoms. The number of benzene rings is 1. The highest BCUT2D eigenvalue weighted by Crippen LogP contribution is 2.31. The van der Waals surface area contributed by atoms with Crippen LogP contribution in [0.1, 0.15) is 37.5 Å². The summed E-state index contributed by atoms with van der Waals surface area (Å²) in [6.45, 7) is 1.02. The molecular formula is C14H15Br2N3O. The summed E-state index contributed by atoms with van der Waals surface area (Å²) in [5.41, 5.74) is 0.917. The molecule has 20 heavy (non-hydrogen) atoms. The van der Waals surface area contributed by atoms with E-state index in [9.17, 15) is 0 Å². The first-order valence-electron chi connectivity index (χ1n) is 6.76. The molecule has 3 rings (SSSR count). The van der Waals surface area contributed by atoms with E-state index in [-0.39, 0.29) is 6.04 Å². The predicted molar refractivity (Wildman–Crippen MR) is 84.3 cm³/mol. The van der Waals surface area contributed by atoms with E-state index in [1.54, 1.807) is 0 Å². The highest BCUT2D eigenvalue weighted by molar-refractivity contribution is 9.11. The molecule has 0 bridgehead atoms. The minimum Gasteiger partial charge on any atom is -0.334 e. The van der Waals surface area contributed by atoms with Gasteiger partial charge in [-0.3, -0.25) is 0 Å². The molecule has 1 unspecified atom stereocenters. The van der Waals surface area contributed by atoms with E-state index in [0.29, 0.717) is 5.89 Å². The third-order valence-corrected chi connectivity index (χ3v) is 4.62. The van der Waals surface area contributed by atoms with E-state index in [1.165, 1.54) is 19.3 Å². The molecule has 0 spiro atoms. The number of hydrogen-bond acceptors (Lipinski definition) is 4. The number of nitrogens with one attached hydrogen (secondary N) is 1. The average Bonchev–Trinajstić information content (AvgIpc) is 2.74. The lowest BCUT2D eigenvalue weighted by molar-refractivity contribution is 0.402. The van der Waals surface area contributed by atoms with Crippen molar-refractivity contribution >= 4 is 31.9 Å². The first kappa shape index (κ1) is 14.2. The quantitative estimate of drug-likeness (QED) is 0.807. The van der Waals surface area contributed by atoms with Gasteiger partial charge in [-0.15, -0.1) is 0 Å². The molecule has 4 nitrogen and oxygen atoms in total. The molecule has 1 atom stereocenters. The first-order valence-corrected chi connectivity index (χ1v) is 8.35. The Hall–Kier alpha value is -0.720. The van der Waals surface area contributed by atoms with Gasteiger partial charge in [-0.1, -0.05) is 33.9 Å². The Balaban J connectivity index is 1.85. The maximum Gasteiger partial charge on any atom is 0.259 e. The molecular weight excluding hydrogens is 386 g/mol. The summed E-state index contributed by atoms with van der Waals surface area (Å²) in [7, 11) is 0. The van der Waals surface area contributed by atoms with Gasteiger partial charge in [-0.05, 0) is 53.5 Å². The van der Waals surface area contributed by atoms with Crippen LogP contribution in [0, 0.1) is 0 Å². The molecule has 1 aliphatic heterocycles. The van der Waals surface area contributed by atoms with Crippen LogP contribution in [0.4, 0.5) is 0 Å². The molecule has 1 fully saturated rings. The second-order valence-electron chi connectivity index (χ2n) is 4.94. The van der Waals surface area contributed by atoms with Gasteiger partial charge >= 0.3 is 0 Å². The monoisotopic (exact) mass is 399 g/mol. The van der Waals surface area contributed by atoms with Crippen LogP contribution in [-0.2, 0) is 0 Å². The van der Waals surface area contributed by atoms with Crippen LogP contribution in [-0.4, -0.2) is 16.7 Å². The van der Waals surface area contributed by atoms with Gasteiger partial charge in [0.15, 0.2) is 5.82 Å². The van der Waals surface area contributed by atoms with Crippen LogP contribution in [0.2, 0.25) is 0 Å². The van der Waals surface area contributed by atoms with Gasteiger partial charge in [0, 0.05) is 8.95 Å². The highest BCUT2D eigenvalue weighted by Gasteiger charge is 2.20. The van der Waals surface area contributed by atoms with Gasteiger partial charge in [0.25, 0.3) is 5.89 Å². The zero-order valence-corrected chi connectivity index (χ0v) is 14.1. The Labute approximate surface area is 134 Å². The number of halogens is 2. The van der Waals surface area contributed by atoms with E-state index in [0.717, 1.165) is 33.3 Å². The van der Waals surface area contributed by atoms with Gasteiger partial charge in [-0.25, -0.2) is 0 Å². The van der Waals surface area contributed by atoms with Crippen molar-refractivity contribution in [3.05, 3.63) is 33.0 Å². The van der Waals surface area contributed by atoms with Gasteiger partial charge < -0.3 is 9.84 Å². The molecule has 1 aromatic carbocycles. The fraction of sp³-hybridized carbons (Fsp3) is 0.429. The largest absolute Gasteiger partial charge is 0.334 e. The molecule has 1 aromatic heterocycles. The summed E-state index contributed by atoms with van der Waals surface area (Å²) < 4.78 is 7.37. The van der Waals surface area contributed by atoms with Crippen molar-refractivity contribution < 1.29 is 4.52 Å². The molecule has 0 saturated carbocycles. The van der Waals surface area contributed by atoms with Crippen molar-refractivity contribution in [2.45, 2.75) is 31.7 Å². The van der Waals surface area contributed by atoms with E-state index in [1.807, 2.05) is 18.2 Å². The molecule has 0 radical (unpaired) electrons. The normalized spacial score (nSPS) is 19.8. The summed E-state index contributed by atoms with van der Waals surface area (Å²) in [5, 5.41) is 7.62. The predicted octanol–water partition coefficient (Wildman–Crippen LogP) is 4.47. The van der Waals surface area contributed by atoms with Crippen LogP contribution in [0.5, 0.6) is 0 Å².